The predicted octanol–water partition coefficient (Wildman–Crippen LogP) is 3.78. The number of nitrogens with zero attached hydrogens (tertiary/aromatic N) is 1. The molecule has 0 fully saturated rings. The van der Waals surface area contributed by atoms with E-state index in [-0.39, 0.29) is 0 Å². The third kappa shape index (κ3) is 2.32. The van der Waals surface area contributed by atoms with Crippen LogP contribution in [0.3, 0.4) is 0 Å². The Hall–Kier alpha value is -1.57. The Kier molecular flexibility index (Phi) is 3.09. The highest BCUT2D eigenvalue weighted by Gasteiger charge is 2.05. The van der Waals surface area contributed by atoms with E-state index >= 15 is 0 Å². The molecule has 1 aliphatic heterocycles. The quantitative estimate of drug-likeness (QED) is 0.793. The molecule has 1 aliphatic rings. The molecular formula is C14H18N2. The molecule has 0 spiro atoms. The second-order valence-electron chi connectivity index (χ2n) is 4.30. The van der Waals surface area contributed by atoms with Crippen LogP contribution in [0.1, 0.15) is 36.7 Å². The standard InChI is InChI=1S/C14H18N2/c1-4-5-12-6-7-13(16-12)9-14-10(2)8-11(3)15-14/h6-9,15H,4-5H2,1-3H3/b13-9-. The van der Waals surface area contributed by atoms with Crippen LogP contribution in [0.5, 0.6) is 0 Å². The van der Waals surface area contributed by atoms with E-state index in [0.717, 1.165) is 18.5 Å². The van der Waals surface area contributed by atoms with Gasteiger partial charge in [-0.25, -0.2) is 0 Å². The smallest absolute Gasteiger partial charge is 0.0654 e. The zero-order valence-corrected chi connectivity index (χ0v) is 10.2. The largest absolute Gasteiger partial charge is 0.359 e. The van der Waals surface area contributed by atoms with E-state index in [4.69, 9.17) is 0 Å². The van der Waals surface area contributed by atoms with E-state index in [9.17, 15) is 0 Å². The van der Waals surface area contributed by atoms with Gasteiger partial charge < -0.3 is 4.98 Å². The van der Waals surface area contributed by atoms with E-state index in [1.807, 2.05) is 0 Å². The predicted molar refractivity (Wildman–Crippen MR) is 69.7 cm³/mol. The number of nitrogens with one attached hydrogen (secondary N) is 1. The van der Waals surface area contributed by atoms with Crippen molar-refractivity contribution in [3.8, 4) is 0 Å². The van der Waals surface area contributed by atoms with Gasteiger partial charge in [-0.3, -0.25) is 4.99 Å². The lowest BCUT2D eigenvalue weighted by molar-refractivity contribution is 0.997. The van der Waals surface area contributed by atoms with Gasteiger partial charge in [-0.05, 0) is 50.1 Å². The highest BCUT2D eigenvalue weighted by atomic mass is 14.8. The van der Waals surface area contributed by atoms with Crippen molar-refractivity contribution in [1.29, 1.82) is 0 Å². The van der Waals surface area contributed by atoms with Crippen LogP contribution in [0.15, 0.2) is 28.9 Å². The lowest BCUT2D eigenvalue weighted by Gasteiger charge is -1.94. The Morgan fingerprint density at radius 2 is 2.12 bits per heavy atom. The SMILES string of the molecule is CCCC1=N/C(=C\c2[nH]c(C)cc2C)C=C1. The van der Waals surface area contributed by atoms with Gasteiger partial charge in [0.1, 0.15) is 0 Å². The van der Waals surface area contributed by atoms with Crippen molar-refractivity contribution in [2.75, 3.05) is 0 Å². The number of hydrogen-bond donors (Lipinski definition) is 1. The van der Waals surface area contributed by atoms with Crippen molar-refractivity contribution >= 4 is 11.8 Å². The van der Waals surface area contributed by atoms with E-state index in [2.05, 4.69) is 55.0 Å². The average molecular weight is 214 g/mol. The van der Waals surface area contributed by atoms with Crippen LogP contribution in [0.2, 0.25) is 0 Å². The Balaban J connectivity index is 2.21. The summed E-state index contributed by atoms with van der Waals surface area (Å²) in [5.41, 5.74) is 5.88. The van der Waals surface area contributed by atoms with Crippen molar-refractivity contribution in [1.82, 2.24) is 4.98 Å². The maximum atomic E-state index is 4.57. The highest BCUT2D eigenvalue weighted by Crippen LogP contribution is 2.18. The normalized spacial score (nSPS) is 17.2. The van der Waals surface area contributed by atoms with Gasteiger partial charge in [0.15, 0.2) is 0 Å². The molecule has 0 aliphatic carbocycles. The summed E-state index contributed by atoms with van der Waals surface area (Å²) in [4.78, 5) is 7.91. The first-order valence-electron chi connectivity index (χ1n) is 5.82. The lowest BCUT2D eigenvalue weighted by Crippen LogP contribution is -1.87. The number of allylic oxidation sites excluding steroid dienone is 2. The Labute approximate surface area is 96.8 Å². The molecule has 0 aromatic carbocycles. The molecule has 2 nitrogen and oxygen atoms in total. The van der Waals surface area contributed by atoms with E-state index < -0.39 is 0 Å². The molecule has 2 heterocycles. The number of hydrogen-bond acceptors (Lipinski definition) is 1. The summed E-state index contributed by atoms with van der Waals surface area (Å²) < 4.78 is 0. The molecular weight excluding hydrogens is 196 g/mol. The van der Waals surface area contributed by atoms with Gasteiger partial charge in [0.25, 0.3) is 0 Å². The first-order valence-corrected chi connectivity index (χ1v) is 5.82. The molecule has 0 bridgehead atoms. The van der Waals surface area contributed by atoms with Crippen LogP contribution in [0, 0.1) is 13.8 Å². The summed E-state index contributed by atoms with van der Waals surface area (Å²) in [7, 11) is 0. The zero-order chi connectivity index (χ0) is 11.5. The summed E-state index contributed by atoms with van der Waals surface area (Å²) >= 11 is 0. The van der Waals surface area contributed by atoms with Crippen LogP contribution in [-0.2, 0) is 0 Å². The number of H-pyrrole nitrogens is 1. The Morgan fingerprint density at radius 1 is 1.31 bits per heavy atom. The maximum Gasteiger partial charge on any atom is 0.0654 e. The third-order valence-electron chi connectivity index (χ3n) is 2.71. The molecule has 0 amide bonds. The second kappa shape index (κ2) is 4.52. The number of aromatic amines is 1. The summed E-state index contributed by atoms with van der Waals surface area (Å²) in [6.45, 7) is 6.37. The van der Waals surface area contributed by atoms with Crippen molar-refractivity contribution in [3.63, 3.8) is 0 Å². The van der Waals surface area contributed by atoms with Crippen LogP contribution >= 0.6 is 0 Å². The maximum absolute atomic E-state index is 4.57. The second-order valence-corrected chi connectivity index (χ2v) is 4.30. The average Bonchev–Trinajstić information content (AvgIpc) is 2.76. The molecule has 0 radical (unpaired) electrons. The Morgan fingerprint density at radius 3 is 2.75 bits per heavy atom. The van der Waals surface area contributed by atoms with Crippen molar-refractivity contribution < 1.29 is 0 Å². The fourth-order valence-corrected chi connectivity index (χ4v) is 1.95. The van der Waals surface area contributed by atoms with E-state index in [0.29, 0.717) is 0 Å². The van der Waals surface area contributed by atoms with Gasteiger partial charge in [0, 0.05) is 17.1 Å². The molecule has 2 heteroatoms. The topological polar surface area (TPSA) is 28.1 Å². The third-order valence-corrected chi connectivity index (χ3v) is 2.71. The van der Waals surface area contributed by atoms with Gasteiger partial charge in [-0.2, -0.15) is 0 Å². The molecule has 1 N–H and O–H groups in total. The van der Waals surface area contributed by atoms with E-state index in [1.165, 1.54) is 22.7 Å². The van der Waals surface area contributed by atoms with Crippen LogP contribution < -0.4 is 0 Å². The van der Waals surface area contributed by atoms with Crippen molar-refractivity contribution in [2.45, 2.75) is 33.6 Å². The fourth-order valence-electron chi connectivity index (χ4n) is 1.95. The van der Waals surface area contributed by atoms with Gasteiger partial charge in [-0.1, -0.05) is 13.3 Å². The highest BCUT2D eigenvalue weighted by molar-refractivity contribution is 5.99. The molecule has 1 aromatic heterocycles. The minimum Gasteiger partial charge on any atom is -0.359 e. The van der Waals surface area contributed by atoms with Gasteiger partial charge >= 0.3 is 0 Å². The molecule has 0 saturated carbocycles. The molecule has 16 heavy (non-hydrogen) atoms. The Bertz CT molecular complexity index is 473. The first-order chi connectivity index (χ1) is 7.69. The summed E-state index contributed by atoms with van der Waals surface area (Å²) in [5, 5.41) is 0. The summed E-state index contributed by atoms with van der Waals surface area (Å²) in [5.74, 6) is 0. The summed E-state index contributed by atoms with van der Waals surface area (Å²) in [6.07, 6.45) is 8.52. The number of aliphatic imine (C=N–C) groups is 1. The lowest BCUT2D eigenvalue weighted by atomic mass is 10.2. The minimum atomic E-state index is 1.05. The number of rotatable bonds is 3. The van der Waals surface area contributed by atoms with Gasteiger partial charge in [0.2, 0.25) is 0 Å². The fraction of sp³-hybridized carbons (Fsp3) is 0.357. The van der Waals surface area contributed by atoms with Crippen molar-refractivity contribution in [2.24, 2.45) is 4.99 Å². The molecule has 84 valence electrons. The van der Waals surface area contributed by atoms with Gasteiger partial charge in [0.05, 0.1) is 5.70 Å². The molecule has 2 rings (SSSR count). The van der Waals surface area contributed by atoms with E-state index in [1.54, 1.807) is 0 Å². The zero-order valence-electron chi connectivity index (χ0n) is 10.2. The number of aromatic nitrogens is 1. The van der Waals surface area contributed by atoms with Crippen LogP contribution in [0.4, 0.5) is 0 Å². The molecule has 0 saturated heterocycles. The molecule has 0 atom stereocenters. The van der Waals surface area contributed by atoms with Crippen molar-refractivity contribution in [3.05, 3.63) is 40.9 Å². The van der Waals surface area contributed by atoms with Crippen LogP contribution in [-0.4, -0.2) is 10.7 Å². The van der Waals surface area contributed by atoms with Gasteiger partial charge in [-0.15, -0.1) is 0 Å². The molecule has 1 aromatic rings. The minimum absolute atomic E-state index is 1.05. The number of aryl methyl sites for hydroxylation is 2. The summed E-state index contributed by atoms with van der Waals surface area (Å²) in [6, 6.07) is 2.15. The van der Waals surface area contributed by atoms with Crippen LogP contribution in [0.25, 0.3) is 6.08 Å². The first kappa shape index (κ1) is 10.9. The monoisotopic (exact) mass is 214 g/mol. The molecule has 0 unspecified atom stereocenters.